The van der Waals surface area contributed by atoms with Crippen LogP contribution in [-0.2, 0) is 0 Å². The average Bonchev–Trinajstić information content (AvgIpc) is 2.80. The molecule has 0 radical (unpaired) electrons. The van der Waals surface area contributed by atoms with Gasteiger partial charge in [0.2, 0.25) is 0 Å². The second kappa shape index (κ2) is 9.04. The standard InChI is InChI=1S/C27H28ClN3/c1-19(2)27-20(3)24(21-9-11-22(28)12-10-21)17-26(25(27)18-29)31-15-13-30(14-16-31)23-7-5-4-6-8-23/h4-12,17,19H,13-16H2,1-3H3. The minimum absolute atomic E-state index is 0.270. The first kappa shape index (κ1) is 21.3. The van der Waals surface area contributed by atoms with Gasteiger partial charge in [-0.15, -0.1) is 0 Å². The molecule has 0 N–H and O–H groups in total. The molecule has 0 aromatic heterocycles. The number of para-hydroxylation sites is 1. The molecular weight excluding hydrogens is 402 g/mol. The number of nitrogens with zero attached hydrogens (tertiary/aromatic N) is 3. The molecule has 4 heteroatoms. The first-order chi connectivity index (χ1) is 15.0. The Kier molecular flexibility index (Phi) is 6.20. The Labute approximate surface area is 190 Å². The second-order valence-corrected chi connectivity index (χ2v) is 8.88. The Morgan fingerprint density at radius 2 is 1.52 bits per heavy atom. The van der Waals surface area contributed by atoms with Crippen molar-refractivity contribution in [3.63, 3.8) is 0 Å². The van der Waals surface area contributed by atoms with Crippen molar-refractivity contribution in [3.8, 4) is 17.2 Å². The van der Waals surface area contributed by atoms with Crippen molar-refractivity contribution in [1.82, 2.24) is 0 Å². The fourth-order valence-electron chi connectivity index (χ4n) is 4.65. The highest BCUT2D eigenvalue weighted by Gasteiger charge is 2.25. The summed E-state index contributed by atoms with van der Waals surface area (Å²) in [6, 6.07) is 23.3. The van der Waals surface area contributed by atoms with Gasteiger partial charge in [0.15, 0.2) is 0 Å². The number of piperazine rings is 1. The minimum Gasteiger partial charge on any atom is -0.368 e. The van der Waals surface area contributed by atoms with Crippen molar-refractivity contribution < 1.29 is 0 Å². The minimum atomic E-state index is 0.270. The Hall–Kier alpha value is -2.96. The molecule has 1 aliphatic heterocycles. The van der Waals surface area contributed by atoms with E-state index in [1.807, 2.05) is 12.1 Å². The molecule has 3 aromatic rings. The third-order valence-corrected chi connectivity index (χ3v) is 6.45. The number of anilines is 2. The summed E-state index contributed by atoms with van der Waals surface area (Å²) >= 11 is 6.13. The van der Waals surface area contributed by atoms with E-state index in [-0.39, 0.29) is 5.92 Å². The fourth-order valence-corrected chi connectivity index (χ4v) is 4.78. The molecule has 0 saturated carbocycles. The van der Waals surface area contributed by atoms with Crippen LogP contribution < -0.4 is 9.80 Å². The average molecular weight is 430 g/mol. The zero-order chi connectivity index (χ0) is 22.0. The van der Waals surface area contributed by atoms with Crippen LogP contribution in [0.5, 0.6) is 0 Å². The molecule has 0 unspecified atom stereocenters. The maximum absolute atomic E-state index is 10.1. The van der Waals surface area contributed by atoms with Crippen molar-refractivity contribution in [3.05, 3.63) is 82.4 Å². The van der Waals surface area contributed by atoms with Gasteiger partial charge in [0, 0.05) is 36.9 Å². The highest BCUT2D eigenvalue weighted by Crippen LogP contribution is 2.39. The van der Waals surface area contributed by atoms with Crippen molar-refractivity contribution in [2.24, 2.45) is 0 Å². The molecule has 1 saturated heterocycles. The van der Waals surface area contributed by atoms with Gasteiger partial charge in [-0.3, -0.25) is 0 Å². The lowest BCUT2D eigenvalue weighted by Crippen LogP contribution is -2.46. The van der Waals surface area contributed by atoms with Crippen LogP contribution in [0, 0.1) is 18.3 Å². The van der Waals surface area contributed by atoms with Gasteiger partial charge >= 0.3 is 0 Å². The van der Waals surface area contributed by atoms with Gasteiger partial charge in [-0.2, -0.15) is 5.26 Å². The quantitative estimate of drug-likeness (QED) is 0.465. The van der Waals surface area contributed by atoms with E-state index in [1.165, 1.54) is 16.8 Å². The first-order valence-corrected chi connectivity index (χ1v) is 11.3. The van der Waals surface area contributed by atoms with E-state index in [1.54, 1.807) is 0 Å². The summed E-state index contributed by atoms with van der Waals surface area (Å²) in [5.74, 6) is 0.270. The second-order valence-electron chi connectivity index (χ2n) is 8.44. The van der Waals surface area contributed by atoms with Gasteiger partial charge in [0.05, 0.1) is 11.3 Å². The van der Waals surface area contributed by atoms with Gasteiger partial charge in [0.1, 0.15) is 6.07 Å². The predicted octanol–water partition coefficient (Wildman–Crippen LogP) is 6.64. The molecule has 0 bridgehead atoms. The summed E-state index contributed by atoms with van der Waals surface area (Å²) in [7, 11) is 0. The highest BCUT2D eigenvalue weighted by molar-refractivity contribution is 6.30. The van der Waals surface area contributed by atoms with Gasteiger partial charge in [-0.1, -0.05) is 55.8 Å². The lowest BCUT2D eigenvalue weighted by atomic mass is 9.86. The summed E-state index contributed by atoms with van der Waals surface area (Å²) in [5.41, 5.74) is 7.78. The maximum Gasteiger partial charge on any atom is 0.102 e. The Bertz CT molecular complexity index is 1090. The summed E-state index contributed by atoms with van der Waals surface area (Å²) in [6.07, 6.45) is 0. The van der Waals surface area contributed by atoms with E-state index < -0.39 is 0 Å². The number of hydrogen-bond donors (Lipinski definition) is 0. The van der Waals surface area contributed by atoms with Gasteiger partial charge in [-0.25, -0.2) is 0 Å². The van der Waals surface area contributed by atoms with Gasteiger partial charge < -0.3 is 9.80 Å². The Balaban J connectivity index is 1.73. The van der Waals surface area contributed by atoms with Crippen LogP contribution in [0.3, 0.4) is 0 Å². The number of halogens is 1. The van der Waals surface area contributed by atoms with Gasteiger partial charge in [0.25, 0.3) is 0 Å². The Morgan fingerprint density at radius 1 is 0.903 bits per heavy atom. The molecular formula is C27H28ClN3. The zero-order valence-electron chi connectivity index (χ0n) is 18.4. The normalized spacial score (nSPS) is 14.1. The van der Waals surface area contributed by atoms with Crippen molar-refractivity contribution in [2.75, 3.05) is 36.0 Å². The lowest BCUT2D eigenvalue weighted by molar-refractivity contribution is 0.652. The van der Waals surface area contributed by atoms with Crippen LogP contribution in [0.1, 0.15) is 36.5 Å². The molecule has 3 aromatic carbocycles. The van der Waals surface area contributed by atoms with Crippen LogP contribution in [0.25, 0.3) is 11.1 Å². The Morgan fingerprint density at radius 3 is 2.10 bits per heavy atom. The van der Waals surface area contributed by atoms with Crippen LogP contribution in [0.4, 0.5) is 11.4 Å². The summed E-state index contributed by atoms with van der Waals surface area (Å²) in [5, 5.41) is 10.9. The molecule has 1 fully saturated rings. The van der Waals surface area contributed by atoms with E-state index >= 15 is 0 Å². The molecule has 0 spiro atoms. The first-order valence-electron chi connectivity index (χ1n) is 10.9. The van der Waals surface area contributed by atoms with Gasteiger partial charge in [-0.05, 0) is 65.4 Å². The van der Waals surface area contributed by atoms with E-state index in [4.69, 9.17) is 11.6 Å². The molecule has 1 aliphatic rings. The number of benzene rings is 3. The smallest absolute Gasteiger partial charge is 0.102 e. The molecule has 158 valence electrons. The lowest BCUT2D eigenvalue weighted by Gasteiger charge is -2.38. The molecule has 0 atom stereocenters. The summed E-state index contributed by atoms with van der Waals surface area (Å²) in [4.78, 5) is 4.79. The van der Waals surface area contributed by atoms with Crippen molar-refractivity contribution in [1.29, 1.82) is 5.26 Å². The summed E-state index contributed by atoms with van der Waals surface area (Å²) < 4.78 is 0. The summed E-state index contributed by atoms with van der Waals surface area (Å²) in [6.45, 7) is 10.1. The molecule has 1 heterocycles. The molecule has 31 heavy (non-hydrogen) atoms. The number of hydrogen-bond acceptors (Lipinski definition) is 3. The third-order valence-electron chi connectivity index (χ3n) is 6.20. The van der Waals surface area contributed by atoms with Crippen LogP contribution in [-0.4, -0.2) is 26.2 Å². The van der Waals surface area contributed by atoms with Crippen LogP contribution in [0.2, 0.25) is 5.02 Å². The largest absolute Gasteiger partial charge is 0.368 e. The molecule has 4 rings (SSSR count). The number of rotatable bonds is 4. The van der Waals surface area contributed by atoms with E-state index in [0.29, 0.717) is 0 Å². The van der Waals surface area contributed by atoms with Crippen LogP contribution in [0.15, 0.2) is 60.7 Å². The van der Waals surface area contributed by atoms with E-state index in [2.05, 4.69) is 85.2 Å². The molecule has 0 amide bonds. The SMILES string of the molecule is Cc1c(-c2ccc(Cl)cc2)cc(N2CCN(c3ccccc3)CC2)c(C#N)c1C(C)C. The fraction of sp³-hybridized carbons (Fsp3) is 0.296. The van der Waals surface area contributed by atoms with Crippen LogP contribution >= 0.6 is 11.6 Å². The third kappa shape index (κ3) is 4.27. The van der Waals surface area contributed by atoms with E-state index in [9.17, 15) is 5.26 Å². The zero-order valence-corrected chi connectivity index (χ0v) is 19.2. The van der Waals surface area contributed by atoms with Crippen molar-refractivity contribution >= 4 is 23.0 Å². The monoisotopic (exact) mass is 429 g/mol. The highest BCUT2D eigenvalue weighted by atomic mass is 35.5. The number of nitriles is 1. The predicted molar refractivity (Wildman–Crippen MR) is 131 cm³/mol. The topological polar surface area (TPSA) is 30.3 Å². The molecule has 0 aliphatic carbocycles. The maximum atomic E-state index is 10.1. The van der Waals surface area contributed by atoms with E-state index in [0.717, 1.165) is 53.6 Å². The van der Waals surface area contributed by atoms with Crippen molar-refractivity contribution in [2.45, 2.75) is 26.7 Å². The molecule has 3 nitrogen and oxygen atoms in total.